The van der Waals surface area contributed by atoms with Gasteiger partial charge in [-0.1, -0.05) is 6.07 Å². The second kappa shape index (κ2) is 6.51. The highest BCUT2D eigenvalue weighted by Crippen LogP contribution is 2.11. The van der Waals surface area contributed by atoms with Crippen LogP contribution >= 0.6 is 11.3 Å². The van der Waals surface area contributed by atoms with Gasteiger partial charge in [-0.3, -0.25) is 9.59 Å². The molecule has 1 aromatic heterocycles. The maximum atomic E-state index is 11.9. The lowest BCUT2D eigenvalue weighted by Gasteiger charge is -2.22. The van der Waals surface area contributed by atoms with Gasteiger partial charge in [0.15, 0.2) is 0 Å². The van der Waals surface area contributed by atoms with Gasteiger partial charge in [0, 0.05) is 20.6 Å². The molecular formula is C12H18N2O3S. The molecule has 6 heteroatoms. The van der Waals surface area contributed by atoms with E-state index in [4.69, 9.17) is 0 Å². The largest absolute Gasteiger partial charge is 0.392 e. The lowest BCUT2D eigenvalue weighted by atomic mass is 10.3. The standard InChI is InChI=1S/C12H18N2O3S/c1-9(15)7-13(2)11(16)8-14(3)12(17)10-5-4-6-18-10/h4-6,9,15H,7-8H2,1-3H3. The summed E-state index contributed by atoms with van der Waals surface area (Å²) in [5.41, 5.74) is 0. The van der Waals surface area contributed by atoms with E-state index in [1.54, 1.807) is 33.2 Å². The van der Waals surface area contributed by atoms with Gasteiger partial charge in [0.1, 0.15) is 0 Å². The third-order valence-electron chi connectivity index (χ3n) is 2.41. The van der Waals surface area contributed by atoms with Crippen molar-refractivity contribution in [3.8, 4) is 0 Å². The molecule has 1 rings (SSSR count). The van der Waals surface area contributed by atoms with Crippen LogP contribution in [0.25, 0.3) is 0 Å². The molecule has 0 fully saturated rings. The van der Waals surface area contributed by atoms with Crippen molar-refractivity contribution in [2.24, 2.45) is 0 Å². The number of nitrogens with zero attached hydrogens (tertiary/aromatic N) is 2. The molecule has 0 spiro atoms. The van der Waals surface area contributed by atoms with Gasteiger partial charge in [-0.05, 0) is 18.4 Å². The van der Waals surface area contributed by atoms with E-state index in [1.807, 2.05) is 5.38 Å². The summed E-state index contributed by atoms with van der Waals surface area (Å²) in [6, 6.07) is 3.53. The molecule has 0 saturated carbocycles. The average Bonchev–Trinajstić information content (AvgIpc) is 2.80. The summed E-state index contributed by atoms with van der Waals surface area (Å²) in [7, 11) is 3.20. The number of amides is 2. The van der Waals surface area contributed by atoms with E-state index in [0.29, 0.717) is 4.88 Å². The average molecular weight is 270 g/mol. The zero-order valence-corrected chi connectivity index (χ0v) is 11.6. The molecule has 0 aromatic carbocycles. The van der Waals surface area contributed by atoms with Crippen molar-refractivity contribution in [2.45, 2.75) is 13.0 Å². The normalized spacial score (nSPS) is 12.0. The van der Waals surface area contributed by atoms with Crippen LogP contribution in [0.3, 0.4) is 0 Å². The van der Waals surface area contributed by atoms with Gasteiger partial charge in [-0.25, -0.2) is 0 Å². The van der Waals surface area contributed by atoms with E-state index >= 15 is 0 Å². The Labute approximate surface area is 111 Å². The molecule has 1 aromatic rings. The Hall–Kier alpha value is -1.40. The fourth-order valence-electron chi connectivity index (χ4n) is 1.48. The molecule has 0 saturated heterocycles. The van der Waals surface area contributed by atoms with Gasteiger partial charge in [0.05, 0.1) is 17.5 Å². The van der Waals surface area contributed by atoms with Crippen LogP contribution in [0.2, 0.25) is 0 Å². The highest BCUT2D eigenvalue weighted by atomic mass is 32.1. The monoisotopic (exact) mass is 270 g/mol. The van der Waals surface area contributed by atoms with Crippen LogP contribution < -0.4 is 0 Å². The predicted octanol–water partition coefficient (Wildman–Crippen LogP) is 0.659. The first-order chi connectivity index (χ1) is 8.41. The Morgan fingerprint density at radius 1 is 1.39 bits per heavy atom. The first-order valence-electron chi connectivity index (χ1n) is 5.62. The fraction of sp³-hybridized carbons (Fsp3) is 0.500. The van der Waals surface area contributed by atoms with Crippen LogP contribution in [0.5, 0.6) is 0 Å². The van der Waals surface area contributed by atoms with E-state index in [0.717, 1.165) is 0 Å². The van der Waals surface area contributed by atoms with Crippen LogP contribution in [-0.2, 0) is 4.79 Å². The number of hydrogen-bond acceptors (Lipinski definition) is 4. The third-order valence-corrected chi connectivity index (χ3v) is 3.27. The molecule has 0 bridgehead atoms. The summed E-state index contributed by atoms with van der Waals surface area (Å²) in [6.45, 7) is 1.89. The highest BCUT2D eigenvalue weighted by molar-refractivity contribution is 7.12. The second-order valence-electron chi connectivity index (χ2n) is 4.26. The molecule has 0 aliphatic heterocycles. The van der Waals surface area contributed by atoms with Crippen LogP contribution in [-0.4, -0.2) is 60.0 Å². The van der Waals surface area contributed by atoms with Crippen molar-refractivity contribution in [2.75, 3.05) is 27.2 Å². The zero-order chi connectivity index (χ0) is 13.7. The number of aliphatic hydroxyl groups is 1. The van der Waals surface area contributed by atoms with Crippen LogP contribution in [0.1, 0.15) is 16.6 Å². The minimum absolute atomic E-state index is 0.0138. The number of hydrogen-bond donors (Lipinski definition) is 1. The van der Waals surface area contributed by atoms with E-state index < -0.39 is 6.10 Å². The van der Waals surface area contributed by atoms with Gasteiger partial charge in [-0.15, -0.1) is 11.3 Å². The Balaban J connectivity index is 2.52. The lowest BCUT2D eigenvalue weighted by Crippen LogP contribution is -2.41. The molecule has 5 nitrogen and oxygen atoms in total. The van der Waals surface area contributed by atoms with Gasteiger partial charge in [-0.2, -0.15) is 0 Å². The van der Waals surface area contributed by atoms with Crippen molar-refractivity contribution in [1.29, 1.82) is 0 Å². The Morgan fingerprint density at radius 2 is 2.06 bits per heavy atom. The maximum absolute atomic E-state index is 11.9. The fourth-order valence-corrected chi connectivity index (χ4v) is 2.20. The van der Waals surface area contributed by atoms with Crippen LogP contribution in [0.15, 0.2) is 17.5 Å². The summed E-state index contributed by atoms with van der Waals surface area (Å²) in [6.07, 6.45) is -0.572. The Bertz CT molecular complexity index is 403. The molecular weight excluding hydrogens is 252 g/mol. The van der Waals surface area contributed by atoms with Crippen molar-refractivity contribution in [3.63, 3.8) is 0 Å². The number of aliphatic hydroxyl groups excluding tert-OH is 1. The van der Waals surface area contributed by atoms with Gasteiger partial charge in [0.25, 0.3) is 5.91 Å². The number of thiophene rings is 1. The topological polar surface area (TPSA) is 60.9 Å². The lowest BCUT2D eigenvalue weighted by molar-refractivity contribution is -0.131. The molecule has 0 aliphatic rings. The van der Waals surface area contributed by atoms with Gasteiger partial charge >= 0.3 is 0 Å². The molecule has 1 unspecified atom stereocenters. The number of carbonyl (C=O) groups is 2. The van der Waals surface area contributed by atoms with Gasteiger partial charge < -0.3 is 14.9 Å². The summed E-state index contributed by atoms with van der Waals surface area (Å²) < 4.78 is 0. The third kappa shape index (κ3) is 4.12. The number of likely N-dealkylation sites (N-methyl/N-ethyl adjacent to an activating group) is 2. The minimum Gasteiger partial charge on any atom is -0.392 e. The van der Waals surface area contributed by atoms with Crippen molar-refractivity contribution in [3.05, 3.63) is 22.4 Å². The van der Waals surface area contributed by atoms with E-state index in [2.05, 4.69) is 0 Å². The van der Waals surface area contributed by atoms with Crippen molar-refractivity contribution < 1.29 is 14.7 Å². The first-order valence-corrected chi connectivity index (χ1v) is 6.50. The number of carbonyl (C=O) groups excluding carboxylic acids is 2. The molecule has 2 amide bonds. The van der Waals surface area contributed by atoms with Crippen molar-refractivity contribution in [1.82, 2.24) is 9.80 Å². The Kier molecular flexibility index (Phi) is 5.30. The smallest absolute Gasteiger partial charge is 0.264 e. The molecule has 1 atom stereocenters. The van der Waals surface area contributed by atoms with E-state index in [1.165, 1.54) is 21.1 Å². The molecule has 18 heavy (non-hydrogen) atoms. The second-order valence-corrected chi connectivity index (χ2v) is 5.21. The summed E-state index contributed by atoms with van der Waals surface area (Å²) in [4.78, 5) is 27.1. The van der Waals surface area contributed by atoms with E-state index in [9.17, 15) is 14.7 Å². The zero-order valence-electron chi connectivity index (χ0n) is 10.8. The SMILES string of the molecule is CC(O)CN(C)C(=O)CN(C)C(=O)c1cccs1. The molecule has 0 aliphatic carbocycles. The van der Waals surface area contributed by atoms with Gasteiger partial charge in [0.2, 0.25) is 5.91 Å². The van der Waals surface area contributed by atoms with Crippen LogP contribution in [0, 0.1) is 0 Å². The predicted molar refractivity (Wildman–Crippen MR) is 70.6 cm³/mol. The van der Waals surface area contributed by atoms with Crippen LogP contribution in [0.4, 0.5) is 0 Å². The number of rotatable bonds is 5. The quantitative estimate of drug-likeness (QED) is 0.855. The molecule has 1 heterocycles. The summed E-state index contributed by atoms with van der Waals surface area (Å²) in [5.74, 6) is -0.355. The summed E-state index contributed by atoms with van der Waals surface area (Å²) >= 11 is 1.35. The molecule has 100 valence electrons. The summed E-state index contributed by atoms with van der Waals surface area (Å²) in [5, 5.41) is 11.0. The Morgan fingerprint density at radius 3 is 2.56 bits per heavy atom. The molecule has 0 radical (unpaired) electrons. The van der Waals surface area contributed by atoms with E-state index in [-0.39, 0.29) is 24.9 Å². The highest BCUT2D eigenvalue weighted by Gasteiger charge is 2.18. The van der Waals surface area contributed by atoms with Crippen molar-refractivity contribution >= 4 is 23.2 Å². The maximum Gasteiger partial charge on any atom is 0.264 e. The molecule has 1 N–H and O–H groups in total. The minimum atomic E-state index is -0.572. The first kappa shape index (κ1) is 14.7.